The van der Waals surface area contributed by atoms with Crippen molar-refractivity contribution in [2.45, 2.75) is 39.5 Å². The SMILES string of the molecule is Cc1ccc(-c2cc(C(=O)NCCCCN3CCC(C)CC3)on2)cc1. The number of carbonyl (C=O) groups is 1. The molecular weight excluding hydrogens is 326 g/mol. The number of nitrogens with one attached hydrogen (secondary N) is 1. The molecule has 1 aliphatic rings. The van der Waals surface area contributed by atoms with E-state index in [1.807, 2.05) is 31.2 Å². The van der Waals surface area contributed by atoms with Gasteiger partial charge in [0.15, 0.2) is 0 Å². The van der Waals surface area contributed by atoms with E-state index in [1.165, 1.54) is 31.5 Å². The number of aryl methyl sites for hydroxylation is 1. The van der Waals surface area contributed by atoms with Crippen molar-refractivity contribution < 1.29 is 9.32 Å². The first-order valence-electron chi connectivity index (χ1n) is 9.66. The Bertz CT molecular complexity index is 700. The van der Waals surface area contributed by atoms with Crippen LogP contribution in [0.15, 0.2) is 34.9 Å². The van der Waals surface area contributed by atoms with Crippen LogP contribution in [-0.2, 0) is 0 Å². The van der Waals surface area contributed by atoms with Crippen molar-refractivity contribution in [3.05, 3.63) is 41.7 Å². The van der Waals surface area contributed by atoms with E-state index >= 15 is 0 Å². The number of carbonyl (C=O) groups excluding carboxylic acids is 1. The summed E-state index contributed by atoms with van der Waals surface area (Å²) in [6, 6.07) is 9.71. The van der Waals surface area contributed by atoms with Crippen LogP contribution in [0.3, 0.4) is 0 Å². The van der Waals surface area contributed by atoms with Crippen LogP contribution < -0.4 is 5.32 Å². The van der Waals surface area contributed by atoms with E-state index < -0.39 is 0 Å². The van der Waals surface area contributed by atoms with Crippen LogP contribution in [0.5, 0.6) is 0 Å². The summed E-state index contributed by atoms with van der Waals surface area (Å²) in [6.07, 6.45) is 4.72. The van der Waals surface area contributed by atoms with E-state index in [0.29, 0.717) is 12.2 Å². The molecule has 0 bridgehead atoms. The molecule has 0 unspecified atom stereocenters. The molecule has 0 atom stereocenters. The summed E-state index contributed by atoms with van der Waals surface area (Å²) >= 11 is 0. The molecule has 2 heterocycles. The van der Waals surface area contributed by atoms with Gasteiger partial charge in [0.2, 0.25) is 5.76 Å². The summed E-state index contributed by atoms with van der Waals surface area (Å²) in [5, 5.41) is 6.93. The van der Waals surface area contributed by atoms with Crippen LogP contribution in [0.1, 0.15) is 48.7 Å². The predicted octanol–water partition coefficient (Wildman–Crippen LogP) is 3.89. The van der Waals surface area contributed by atoms with Crippen molar-refractivity contribution >= 4 is 5.91 Å². The van der Waals surface area contributed by atoms with Gasteiger partial charge in [-0.2, -0.15) is 0 Å². The molecule has 1 N–H and O–H groups in total. The largest absolute Gasteiger partial charge is 0.350 e. The zero-order valence-corrected chi connectivity index (χ0v) is 15.8. The molecule has 1 fully saturated rings. The third kappa shape index (κ3) is 5.18. The van der Waals surface area contributed by atoms with Crippen molar-refractivity contribution in [2.24, 2.45) is 5.92 Å². The highest BCUT2D eigenvalue weighted by atomic mass is 16.5. The fraction of sp³-hybridized carbons (Fsp3) is 0.524. The number of aromatic nitrogens is 1. The molecule has 0 aliphatic carbocycles. The van der Waals surface area contributed by atoms with Crippen LogP contribution in [-0.4, -0.2) is 42.1 Å². The first-order chi connectivity index (χ1) is 12.6. The normalized spacial score (nSPS) is 15.9. The molecule has 0 spiro atoms. The van der Waals surface area contributed by atoms with Gasteiger partial charge in [0, 0.05) is 18.2 Å². The van der Waals surface area contributed by atoms with E-state index in [2.05, 4.69) is 22.3 Å². The van der Waals surface area contributed by atoms with Gasteiger partial charge in [-0.15, -0.1) is 0 Å². The van der Waals surface area contributed by atoms with E-state index in [4.69, 9.17) is 4.52 Å². The van der Waals surface area contributed by atoms with Gasteiger partial charge in [-0.3, -0.25) is 4.79 Å². The van der Waals surface area contributed by atoms with Gasteiger partial charge >= 0.3 is 0 Å². The lowest BCUT2D eigenvalue weighted by atomic mass is 9.99. The number of amides is 1. The fourth-order valence-electron chi connectivity index (χ4n) is 3.28. The minimum Gasteiger partial charge on any atom is -0.350 e. The molecule has 1 aromatic heterocycles. The van der Waals surface area contributed by atoms with Crippen molar-refractivity contribution in [3.63, 3.8) is 0 Å². The Kier molecular flexibility index (Phi) is 6.45. The molecule has 1 amide bonds. The zero-order valence-electron chi connectivity index (χ0n) is 15.8. The molecule has 5 nitrogen and oxygen atoms in total. The predicted molar refractivity (Wildman–Crippen MR) is 103 cm³/mol. The maximum Gasteiger partial charge on any atom is 0.289 e. The van der Waals surface area contributed by atoms with Crippen LogP contribution >= 0.6 is 0 Å². The first kappa shape index (κ1) is 18.6. The first-order valence-corrected chi connectivity index (χ1v) is 9.66. The molecule has 0 radical (unpaired) electrons. The van der Waals surface area contributed by atoms with Crippen LogP contribution in [0.2, 0.25) is 0 Å². The molecule has 140 valence electrons. The molecule has 1 saturated heterocycles. The molecule has 2 aromatic rings. The molecule has 5 heteroatoms. The lowest BCUT2D eigenvalue weighted by molar-refractivity contribution is 0.0915. The molecule has 3 rings (SSSR count). The maximum atomic E-state index is 12.2. The molecule has 1 aliphatic heterocycles. The molecule has 1 aromatic carbocycles. The highest BCUT2D eigenvalue weighted by Gasteiger charge is 2.15. The smallest absolute Gasteiger partial charge is 0.289 e. The lowest BCUT2D eigenvalue weighted by Gasteiger charge is -2.30. The third-order valence-electron chi connectivity index (χ3n) is 5.14. The minimum atomic E-state index is -0.192. The summed E-state index contributed by atoms with van der Waals surface area (Å²) in [4.78, 5) is 14.7. The standard InChI is InChI=1S/C21H29N3O2/c1-16-5-7-18(8-6-16)19-15-20(26-23-19)21(25)22-11-3-4-12-24-13-9-17(2)10-14-24/h5-8,15,17H,3-4,9-14H2,1-2H3,(H,22,25). The van der Waals surface area contributed by atoms with E-state index in [1.54, 1.807) is 6.07 Å². The minimum absolute atomic E-state index is 0.192. The number of nitrogens with zero attached hydrogens (tertiary/aromatic N) is 2. The van der Waals surface area contributed by atoms with E-state index in [9.17, 15) is 4.79 Å². The number of piperidine rings is 1. The Morgan fingerprint density at radius 2 is 1.96 bits per heavy atom. The zero-order chi connectivity index (χ0) is 18.4. The quantitative estimate of drug-likeness (QED) is 0.766. The maximum absolute atomic E-state index is 12.2. The van der Waals surface area contributed by atoms with Gasteiger partial charge in [-0.05, 0) is 58.2 Å². The Morgan fingerprint density at radius 1 is 1.23 bits per heavy atom. The highest BCUT2D eigenvalue weighted by molar-refractivity contribution is 5.92. The van der Waals surface area contributed by atoms with E-state index in [-0.39, 0.29) is 11.7 Å². The second-order valence-corrected chi connectivity index (χ2v) is 7.43. The Balaban J connectivity index is 1.38. The van der Waals surface area contributed by atoms with Crippen molar-refractivity contribution in [1.29, 1.82) is 0 Å². The van der Waals surface area contributed by atoms with Gasteiger partial charge in [-0.1, -0.05) is 41.9 Å². The summed E-state index contributed by atoms with van der Waals surface area (Å²) in [5.74, 6) is 0.950. The number of hydrogen-bond acceptors (Lipinski definition) is 4. The second kappa shape index (κ2) is 8.99. The summed E-state index contributed by atoms with van der Waals surface area (Å²) in [7, 11) is 0. The monoisotopic (exact) mass is 355 g/mol. The number of hydrogen-bond donors (Lipinski definition) is 1. The number of unbranched alkanes of at least 4 members (excludes halogenated alkanes) is 1. The van der Waals surface area contributed by atoms with Gasteiger partial charge < -0.3 is 14.7 Å². The topological polar surface area (TPSA) is 58.4 Å². The highest BCUT2D eigenvalue weighted by Crippen LogP contribution is 2.19. The van der Waals surface area contributed by atoms with Crippen molar-refractivity contribution in [3.8, 4) is 11.3 Å². The number of benzene rings is 1. The van der Waals surface area contributed by atoms with Crippen LogP contribution in [0.25, 0.3) is 11.3 Å². The van der Waals surface area contributed by atoms with E-state index in [0.717, 1.165) is 30.9 Å². The Hall–Kier alpha value is -2.14. The second-order valence-electron chi connectivity index (χ2n) is 7.43. The van der Waals surface area contributed by atoms with Gasteiger partial charge in [0.1, 0.15) is 5.69 Å². The molecule has 26 heavy (non-hydrogen) atoms. The summed E-state index contributed by atoms with van der Waals surface area (Å²) < 4.78 is 5.20. The lowest BCUT2D eigenvalue weighted by Crippen LogP contribution is -2.34. The molecule has 0 saturated carbocycles. The third-order valence-corrected chi connectivity index (χ3v) is 5.14. The van der Waals surface area contributed by atoms with Gasteiger partial charge in [-0.25, -0.2) is 0 Å². The van der Waals surface area contributed by atoms with Crippen LogP contribution in [0.4, 0.5) is 0 Å². The van der Waals surface area contributed by atoms with Crippen LogP contribution in [0, 0.1) is 12.8 Å². The summed E-state index contributed by atoms with van der Waals surface area (Å²) in [6.45, 7) is 8.60. The number of likely N-dealkylation sites (tertiary alicyclic amines) is 1. The van der Waals surface area contributed by atoms with Crippen molar-refractivity contribution in [2.75, 3.05) is 26.2 Å². The Morgan fingerprint density at radius 3 is 2.69 bits per heavy atom. The number of rotatable bonds is 7. The fourth-order valence-corrected chi connectivity index (χ4v) is 3.28. The van der Waals surface area contributed by atoms with Crippen molar-refractivity contribution in [1.82, 2.24) is 15.4 Å². The molecular formula is C21H29N3O2. The van der Waals surface area contributed by atoms with Gasteiger partial charge in [0.25, 0.3) is 5.91 Å². The average molecular weight is 355 g/mol. The average Bonchev–Trinajstić information content (AvgIpc) is 3.14. The Labute approximate surface area is 155 Å². The van der Waals surface area contributed by atoms with Gasteiger partial charge in [0.05, 0.1) is 0 Å². The summed E-state index contributed by atoms with van der Waals surface area (Å²) in [5.41, 5.74) is 2.83.